The fourth-order valence-electron chi connectivity index (χ4n) is 2.35. The number of pyridine rings is 2. The molecule has 1 atom stereocenters. The Morgan fingerprint density at radius 2 is 2.04 bits per heavy atom. The first-order valence-corrected chi connectivity index (χ1v) is 7.71. The van der Waals surface area contributed by atoms with Crippen LogP contribution in [0.15, 0.2) is 24.5 Å². The maximum Gasteiger partial charge on any atom is 0.433 e. The number of rotatable bonds is 4. The Morgan fingerprint density at radius 1 is 1.33 bits per heavy atom. The van der Waals surface area contributed by atoms with E-state index in [0.717, 1.165) is 6.20 Å². The number of aryl methyl sites for hydroxylation is 1. The van der Waals surface area contributed by atoms with Gasteiger partial charge in [0.1, 0.15) is 11.8 Å². The second-order valence-corrected chi connectivity index (χ2v) is 5.54. The van der Waals surface area contributed by atoms with Gasteiger partial charge >= 0.3 is 12.2 Å². The monoisotopic (exact) mass is 379 g/mol. The summed E-state index contributed by atoms with van der Waals surface area (Å²) in [7, 11) is 1.45. The number of urea groups is 1. The summed E-state index contributed by atoms with van der Waals surface area (Å²) < 4.78 is 43.4. The molecular weight excluding hydrogens is 363 g/mol. The number of ether oxygens (including phenoxy) is 1. The molecule has 2 rings (SSSR count). The Bertz CT molecular complexity index is 893. The van der Waals surface area contributed by atoms with Crippen molar-refractivity contribution in [1.29, 1.82) is 5.26 Å². The van der Waals surface area contributed by atoms with Crippen molar-refractivity contribution in [2.75, 3.05) is 17.7 Å². The third-order valence-corrected chi connectivity index (χ3v) is 3.74. The van der Waals surface area contributed by atoms with Gasteiger partial charge in [0.2, 0.25) is 0 Å². The van der Waals surface area contributed by atoms with E-state index in [1.54, 1.807) is 13.8 Å². The number of halogens is 3. The van der Waals surface area contributed by atoms with Gasteiger partial charge in [-0.15, -0.1) is 0 Å². The van der Waals surface area contributed by atoms with Crippen molar-refractivity contribution >= 4 is 17.4 Å². The van der Waals surface area contributed by atoms with Crippen LogP contribution in [0.4, 0.5) is 29.3 Å². The molecule has 0 saturated heterocycles. The number of carbonyl (C=O) groups excluding carboxylic acids is 1. The molecule has 0 fully saturated rings. The Kier molecular flexibility index (Phi) is 5.97. The van der Waals surface area contributed by atoms with Gasteiger partial charge < -0.3 is 15.4 Å². The van der Waals surface area contributed by atoms with Crippen molar-refractivity contribution in [3.63, 3.8) is 0 Å². The number of alkyl halides is 3. The molecule has 0 saturated carbocycles. The van der Waals surface area contributed by atoms with Gasteiger partial charge in [-0.25, -0.2) is 4.79 Å². The number of hydrogen-bond acceptors (Lipinski definition) is 5. The summed E-state index contributed by atoms with van der Waals surface area (Å²) in [4.78, 5) is 19.5. The highest BCUT2D eigenvalue weighted by molar-refractivity contribution is 6.00. The van der Waals surface area contributed by atoms with Crippen LogP contribution in [0.3, 0.4) is 0 Å². The summed E-state index contributed by atoms with van der Waals surface area (Å²) in [6.45, 7) is 3.33. The predicted octanol–water partition coefficient (Wildman–Crippen LogP) is 4.03. The summed E-state index contributed by atoms with van der Waals surface area (Å²) in [5, 5.41) is 14.1. The lowest BCUT2D eigenvalue weighted by atomic mass is 10.0. The molecule has 0 aliphatic carbocycles. The largest absolute Gasteiger partial charge is 0.433 e. The zero-order valence-corrected chi connectivity index (χ0v) is 14.7. The molecule has 142 valence electrons. The minimum Gasteiger partial charge on any atom is -0.377 e. The number of nitrogens with one attached hydrogen (secondary N) is 2. The average Bonchev–Trinajstić information content (AvgIpc) is 2.61. The fourth-order valence-corrected chi connectivity index (χ4v) is 2.35. The second kappa shape index (κ2) is 8.01. The molecule has 2 N–H and O–H groups in total. The highest BCUT2D eigenvalue weighted by atomic mass is 19.4. The van der Waals surface area contributed by atoms with Crippen LogP contribution in [0.5, 0.6) is 0 Å². The van der Waals surface area contributed by atoms with Crippen LogP contribution in [-0.4, -0.2) is 23.1 Å². The van der Waals surface area contributed by atoms with Crippen LogP contribution < -0.4 is 10.6 Å². The van der Waals surface area contributed by atoms with Crippen LogP contribution in [0.1, 0.15) is 35.5 Å². The number of aromatic nitrogens is 2. The molecule has 10 heteroatoms. The van der Waals surface area contributed by atoms with E-state index < -0.39 is 24.0 Å². The van der Waals surface area contributed by atoms with Crippen LogP contribution in [0, 0.1) is 18.3 Å². The number of methoxy groups -OCH3 is 1. The lowest BCUT2D eigenvalue weighted by molar-refractivity contribution is -0.141. The highest BCUT2D eigenvalue weighted by Gasteiger charge is 2.32. The molecule has 0 aromatic carbocycles. The molecule has 2 aromatic rings. The van der Waals surface area contributed by atoms with Crippen molar-refractivity contribution in [2.45, 2.75) is 26.1 Å². The summed E-state index contributed by atoms with van der Waals surface area (Å²) in [6.07, 6.45) is -2.85. The number of hydrogen-bond donors (Lipinski definition) is 2. The van der Waals surface area contributed by atoms with E-state index in [1.165, 1.54) is 19.4 Å². The third kappa shape index (κ3) is 4.71. The zero-order valence-electron chi connectivity index (χ0n) is 14.7. The SMILES string of the molecule is CO[C@@H](C)c1c(NC(=O)Nc2ccnc(C(F)(F)F)c2)cnc(C)c1C#N. The van der Waals surface area contributed by atoms with E-state index >= 15 is 0 Å². The van der Waals surface area contributed by atoms with Gasteiger partial charge in [-0.2, -0.15) is 18.4 Å². The molecular formula is C17H16F3N5O2. The molecule has 0 unspecified atom stereocenters. The molecule has 0 radical (unpaired) electrons. The Morgan fingerprint density at radius 3 is 2.63 bits per heavy atom. The first kappa shape index (κ1) is 20.1. The van der Waals surface area contributed by atoms with Crippen molar-refractivity contribution in [1.82, 2.24) is 9.97 Å². The Balaban J connectivity index is 2.28. The maximum absolute atomic E-state index is 12.7. The van der Waals surface area contributed by atoms with Gasteiger partial charge in [0, 0.05) is 24.6 Å². The normalized spacial score (nSPS) is 12.2. The molecule has 2 heterocycles. The first-order valence-electron chi connectivity index (χ1n) is 7.71. The van der Waals surface area contributed by atoms with Crippen molar-refractivity contribution in [3.8, 4) is 6.07 Å². The average molecular weight is 379 g/mol. The summed E-state index contributed by atoms with van der Waals surface area (Å²) in [6, 6.07) is 3.16. The second-order valence-electron chi connectivity index (χ2n) is 5.54. The van der Waals surface area contributed by atoms with Crippen LogP contribution in [-0.2, 0) is 10.9 Å². The number of nitriles is 1. The van der Waals surface area contributed by atoms with E-state index in [1.807, 2.05) is 6.07 Å². The molecule has 0 spiro atoms. The minimum atomic E-state index is -4.63. The van der Waals surface area contributed by atoms with Crippen LogP contribution in [0.25, 0.3) is 0 Å². The molecule has 2 aromatic heterocycles. The highest BCUT2D eigenvalue weighted by Crippen LogP contribution is 2.30. The van der Waals surface area contributed by atoms with E-state index in [-0.39, 0.29) is 16.9 Å². The Hall–Kier alpha value is -3.19. The van der Waals surface area contributed by atoms with E-state index in [2.05, 4.69) is 20.6 Å². The topological polar surface area (TPSA) is 99.9 Å². The molecule has 7 nitrogen and oxygen atoms in total. The van der Waals surface area contributed by atoms with Crippen molar-refractivity contribution in [2.24, 2.45) is 0 Å². The lowest BCUT2D eigenvalue weighted by Gasteiger charge is -2.18. The third-order valence-electron chi connectivity index (χ3n) is 3.74. The van der Waals surface area contributed by atoms with Crippen LogP contribution in [0.2, 0.25) is 0 Å². The predicted molar refractivity (Wildman–Crippen MR) is 91.0 cm³/mol. The number of nitrogens with zero attached hydrogens (tertiary/aromatic N) is 3. The van der Waals surface area contributed by atoms with Gasteiger partial charge in [0.15, 0.2) is 0 Å². The smallest absolute Gasteiger partial charge is 0.377 e. The molecule has 0 aliphatic rings. The summed E-state index contributed by atoms with van der Waals surface area (Å²) >= 11 is 0. The molecule has 27 heavy (non-hydrogen) atoms. The molecule has 2 amide bonds. The van der Waals surface area contributed by atoms with Gasteiger partial charge in [0.25, 0.3) is 0 Å². The number of amides is 2. The number of anilines is 2. The summed E-state index contributed by atoms with van der Waals surface area (Å²) in [5.74, 6) is 0. The van der Waals surface area contributed by atoms with Gasteiger partial charge in [-0.05, 0) is 26.0 Å². The standard InChI is InChI=1S/C17H16F3N5O2/c1-9-12(7-21)15(10(2)27-3)13(8-23-9)25-16(26)24-11-4-5-22-14(6-11)17(18,19)20/h4-6,8,10H,1-3H3,(H2,22,24,25,26)/t10-/m0/s1. The minimum absolute atomic E-state index is 0.0863. The van der Waals surface area contributed by atoms with E-state index in [9.17, 15) is 23.2 Å². The van der Waals surface area contributed by atoms with Gasteiger partial charge in [-0.1, -0.05) is 0 Å². The maximum atomic E-state index is 12.7. The Labute approximate surface area is 153 Å². The van der Waals surface area contributed by atoms with Crippen LogP contribution >= 0.6 is 0 Å². The first-order chi connectivity index (χ1) is 12.7. The van der Waals surface area contributed by atoms with E-state index in [4.69, 9.17) is 4.74 Å². The van der Waals surface area contributed by atoms with Gasteiger partial charge in [-0.3, -0.25) is 9.97 Å². The quantitative estimate of drug-likeness (QED) is 0.836. The van der Waals surface area contributed by atoms with Crippen molar-refractivity contribution < 1.29 is 22.7 Å². The fraction of sp³-hybridized carbons (Fsp3) is 0.294. The van der Waals surface area contributed by atoms with E-state index in [0.29, 0.717) is 17.3 Å². The zero-order chi connectivity index (χ0) is 20.2. The lowest BCUT2D eigenvalue weighted by Crippen LogP contribution is -2.22. The number of carbonyl (C=O) groups is 1. The molecule has 0 bridgehead atoms. The summed E-state index contributed by atoms with van der Waals surface area (Å²) in [5.41, 5.74) is 0.147. The van der Waals surface area contributed by atoms with Gasteiger partial charge in [0.05, 0.1) is 29.2 Å². The molecule has 0 aliphatic heterocycles. The van der Waals surface area contributed by atoms with Crippen molar-refractivity contribution in [3.05, 3.63) is 47.0 Å².